The Morgan fingerprint density at radius 3 is 2.52 bits per heavy atom. The maximum Gasteiger partial charge on any atom is 0.410 e. The van der Waals surface area contributed by atoms with Gasteiger partial charge in [-0.3, -0.25) is 4.79 Å². The monoisotopic (exact) mass is 438 g/mol. The molecule has 0 aromatic heterocycles. The van der Waals surface area contributed by atoms with Crippen LogP contribution in [0.4, 0.5) is 9.18 Å². The Morgan fingerprint density at radius 2 is 1.90 bits per heavy atom. The largest absolute Gasteiger partial charge is 0.493 e. The van der Waals surface area contributed by atoms with E-state index in [-0.39, 0.29) is 11.7 Å². The van der Waals surface area contributed by atoms with Crippen LogP contribution in [0.5, 0.6) is 5.75 Å². The van der Waals surface area contributed by atoms with E-state index in [0.29, 0.717) is 44.5 Å². The van der Waals surface area contributed by atoms with E-state index in [1.165, 1.54) is 19.2 Å². The van der Waals surface area contributed by atoms with Crippen molar-refractivity contribution in [1.82, 2.24) is 10.2 Å². The van der Waals surface area contributed by atoms with Crippen LogP contribution in [0.25, 0.3) is 0 Å². The fourth-order valence-electron chi connectivity index (χ4n) is 3.42. The lowest BCUT2D eigenvalue weighted by molar-refractivity contribution is 0.0179. The van der Waals surface area contributed by atoms with E-state index >= 15 is 0 Å². The van der Waals surface area contributed by atoms with Crippen LogP contribution in [0, 0.1) is 11.7 Å². The number of halogens is 1. The average Bonchev–Trinajstić information content (AvgIpc) is 2.70. The van der Waals surface area contributed by atoms with Gasteiger partial charge in [0.15, 0.2) is 0 Å². The summed E-state index contributed by atoms with van der Waals surface area (Å²) in [6.07, 6.45) is 3.48. The highest BCUT2D eigenvalue weighted by Crippen LogP contribution is 2.24. The lowest BCUT2D eigenvalue weighted by Crippen LogP contribution is -2.41. The molecule has 1 heterocycles. The van der Waals surface area contributed by atoms with Crippen molar-refractivity contribution in [2.75, 3.05) is 40.0 Å². The van der Waals surface area contributed by atoms with Gasteiger partial charge >= 0.3 is 6.09 Å². The molecule has 1 aromatic carbocycles. The summed E-state index contributed by atoms with van der Waals surface area (Å²) in [6.45, 7) is 8.20. The number of likely N-dealkylation sites (tertiary alicyclic amines) is 1. The van der Waals surface area contributed by atoms with E-state index in [9.17, 15) is 14.0 Å². The van der Waals surface area contributed by atoms with E-state index in [0.717, 1.165) is 25.7 Å². The third kappa shape index (κ3) is 8.73. The van der Waals surface area contributed by atoms with Crippen molar-refractivity contribution in [3.63, 3.8) is 0 Å². The first kappa shape index (κ1) is 24.9. The van der Waals surface area contributed by atoms with Gasteiger partial charge in [0.25, 0.3) is 5.91 Å². The molecular weight excluding hydrogens is 403 g/mol. The van der Waals surface area contributed by atoms with Gasteiger partial charge < -0.3 is 24.4 Å². The summed E-state index contributed by atoms with van der Waals surface area (Å²) in [6, 6.07) is 4.28. The molecule has 2 amide bonds. The van der Waals surface area contributed by atoms with Gasteiger partial charge in [-0.25, -0.2) is 9.18 Å². The Bertz CT molecular complexity index is 727. The molecule has 1 aliphatic rings. The lowest BCUT2D eigenvalue weighted by atomic mass is 9.92. The number of nitrogens with zero attached hydrogens (tertiary/aromatic N) is 1. The molecule has 0 spiro atoms. The number of carbonyl (C=O) groups excluding carboxylic acids is 2. The van der Waals surface area contributed by atoms with E-state index < -0.39 is 17.3 Å². The maximum atomic E-state index is 14.2. The van der Waals surface area contributed by atoms with E-state index in [1.54, 1.807) is 11.0 Å². The molecule has 7 nitrogen and oxygen atoms in total. The zero-order valence-corrected chi connectivity index (χ0v) is 19.0. The van der Waals surface area contributed by atoms with Crippen LogP contribution in [-0.2, 0) is 9.47 Å². The average molecular weight is 439 g/mol. The number of rotatable bonds is 9. The van der Waals surface area contributed by atoms with Gasteiger partial charge in [0.05, 0.1) is 18.8 Å². The highest BCUT2D eigenvalue weighted by Gasteiger charge is 2.26. The van der Waals surface area contributed by atoms with Gasteiger partial charge in [0.1, 0.15) is 17.2 Å². The topological polar surface area (TPSA) is 77.1 Å². The number of methoxy groups -OCH3 is 1. The highest BCUT2D eigenvalue weighted by molar-refractivity contribution is 5.94. The highest BCUT2D eigenvalue weighted by atomic mass is 19.1. The van der Waals surface area contributed by atoms with Crippen LogP contribution < -0.4 is 10.1 Å². The first-order chi connectivity index (χ1) is 14.7. The molecule has 1 N–H and O–H groups in total. The molecule has 8 heteroatoms. The maximum absolute atomic E-state index is 14.2. The van der Waals surface area contributed by atoms with Crippen molar-refractivity contribution in [1.29, 1.82) is 0 Å². The predicted octanol–water partition coefficient (Wildman–Crippen LogP) is 4.01. The van der Waals surface area contributed by atoms with Crippen LogP contribution in [0.2, 0.25) is 0 Å². The van der Waals surface area contributed by atoms with Crippen molar-refractivity contribution in [3.05, 3.63) is 29.6 Å². The van der Waals surface area contributed by atoms with Gasteiger partial charge in [0.2, 0.25) is 0 Å². The second-order valence-corrected chi connectivity index (χ2v) is 8.79. The molecule has 0 aliphatic carbocycles. The minimum absolute atomic E-state index is 0.0137. The molecular formula is C23H35FN2O5. The summed E-state index contributed by atoms with van der Waals surface area (Å²) in [7, 11) is 1.53. The van der Waals surface area contributed by atoms with E-state index in [1.807, 2.05) is 20.8 Å². The number of hydrogen-bond donors (Lipinski definition) is 1. The molecule has 0 unspecified atom stereocenters. The normalized spacial score (nSPS) is 14.9. The van der Waals surface area contributed by atoms with Gasteiger partial charge in [-0.05, 0) is 64.5 Å². The van der Waals surface area contributed by atoms with Crippen molar-refractivity contribution in [2.45, 2.75) is 52.1 Å². The number of benzene rings is 1. The number of nitrogens with one attached hydrogen (secondary N) is 1. The molecule has 1 aromatic rings. The summed E-state index contributed by atoms with van der Waals surface area (Å²) < 4.78 is 30.1. The number of amides is 2. The number of piperidine rings is 1. The number of hydrogen-bond acceptors (Lipinski definition) is 5. The van der Waals surface area contributed by atoms with Gasteiger partial charge in [-0.2, -0.15) is 0 Å². The van der Waals surface area contributed by atoms with E-state index in [4.69, 9.17) is 14.2 Å². The lowest BCUT2D eigenvalue weighted by Gasteiger charge is -2.33. The number of ether oxygens (including phenoxy) is 3. The van der Waals surface area contributed by atoms with Crippen molar-refractivity contribution < 1.29 is 28.2 Å². The molecule has 0 bridgehead atoms. The Balaban J connectivity index is 1.67. The summed E-state index contributed by atoms with van der Waals surface area (Å²) in [5.74, 6) is -0.136. The zero-order valence-electron chi connectivity index (χ0n) is 19.0. The molecule has 0 radical (unpaired) electrons. The molecule has 0 atom stereocenters. The van der Waals surface area contributed by atoms with Crippen LogP contribution in [0.1, 0.15) is 56.8 Å². The van der Waals surface area contributed by atoms with Crippen LogP contribution in [0.3, 0.4) is 0 Å². The number of carbonyl (C=O) groups is 2. The minimum atomic E-state index is -0.609. The molecule has 1 aliphatic heterocycles. The van der Waals surface area contributed by atoms with Crippen LogP contribution in [0.15, 0.2) is 18.2 Å². The third-order valence-corrected chi connectivity index (χ3v) is 5.07. The molecule has 2 rings (SSSR count). The van der Waals surface area contributed by atoms with Crippen LogP contribution in [-0.4, -0.2) is 62.5 Å². The molecule has 1 saturated heterocycles. The summed E-state index contributed by atoms with van der Waals surface area (Å²) in [5.41, 5.74) is -0.489. The smallest absolute Gasteiger partial charge is 0.410 e. The summed E-state index contributed by atoms with van der Waals surface area (Å²) in [4.78, 5) is 25.8. The quantitative estimate of drug-likeness (QED) is 0.590. The predicted molar refractivity (Wildman–Crippen MR) is 116 cm³/mol. The SMILES string of the molecule is COCCNC(=O)c1ccc(OCCCC2CCN(C(=O)OC(C)(C)C)CC2)cc1F. The first-order valence-corrected chi connectivity index (χ1v) is 10.9. The summed E-state index contributed by atoms with van der Waals surface area (Å²) >= 11 is 0. The third-order valence-electron chi connectivity index (χ3n) is 5.07. The second kappa shape index (κ2) is 11.9. The minimum Gasteiger partial charge on any atom is -0.493 e. The molecule has 174 valence electrons. The zero-order chi connectivity index (χ0) is 22.9. The fraction of sp³-hybridized carbons (Fsp3) is 0.652. The molecule has 31 heavy (non-hydrogen) atoms. The second-order valence-electron chi connectivity index (χ2n) is 8.79. The Hall–Kier alpha value is -2.35. The fourth-order valence-corrected chi connectivity index (χ4v) is 3.42. The Morgan fingerprint density at radius 1 is 1.19 bits per heavy atom. The standard InChI is InChI=1S/C23H35FN2O5/c1-23(2,3)31-22(28)26-12-9-17(10-13-26)6-5-14-30-18-7-8-19(20(24)16-18)21(27)25-11-15-29-4/h7-8,16-17H,5-6,9-15H2,1-4H3,(H,25,27). The summed E-state index contributed by atoms with van der Waals surface area (Å²) in [5, 5.41) is 2.59. The molecule has 1 fully saturated rings. The van der Waals surface area contributed by atoms with Crippen molar-refractivity contribution >= 4 is 12.0 Å². The first-order valence-electron chi connectivity index (χ1n) is 10.9. The van der Waals surface area contributed by atoms with Crippen molar-refractivity contribution in [3.8, 4) is 5.75 Å². The Labute approximate surface area is 184 Å². The van der Waals surface area contributed by atoms with Crippen LogP contribution >= 0.6 is 0 Å². The van der Waals surface area contributed by atoms with Gasteiger partial charge in [0, 0.05) is 32.8 Å². The van der Waals surface area contributed by atoms with E-state index in [2.05, 4.69) is 5.32 Å². The van der Waals surface area contributed by atoms with Crippen molar-refractivity contribution in [2.24, 2.45) is 5.92 Å². The molecule has 0 saturated carbocycles. The Kier molecular flexibility index (Phi) is 9.55. The van der Waals surface area contributed by atoms with Gasteiger partial charge in [-0.15, -0.1) is 0 Å². The van der Waals surface area contributed by atoms with Gasteiger partial charge in [-0.1, -0.05) is 0 Å².